The van der Waals surface area contributed by atoms with E-state index in [2.05, 4.69) is 0 Å². The van der Waals surface area contributed by atoms with Crippen molar-refractivity contribution in [2.24, 2.45) is 5.73 Å². The molecule has 5 heteroatoms. The summed E-state index contributed by atoms with van der Waals surface area (Å²) >= 11 is 0. The number of aliphatic carboxylic acids is 1. The second-order valence-corrected chi connectivity index (χ2v) is 3.25. The normalized spacial score (nSPS) is 13.3. The molecule has 1 atom stereocenters. The highest BCUT2D eigenvalue weighted by Gasteiger charge is 2.24. The van der Waals surface area contributed by atoms with E-state index in [-0.39, 0.29) is 12.6 Å². The van der Waals surface area contributed by atoms with E-state index < -0.39 is 17.9 Å². The van der Waals surface area contributed by atoms with Gasteiger partial charge in [-0.15, -0.1) is 0 Å². The standard InChI is InChI=1S/C8H16N2O3/c1-5(2)10(4-7(9)11)6(3)8(12)13/h5-6H,4H2,1-3H3,(H2,9,11)(H,12,13). The first-order valence-electron chi connectivity index (χ1n) is 4.13. The molecule has 0 aromatic carbocycles. The van der Waals surface area contributed by atoms with Crippen LogP contribution in [-0.4, -0.2) is 40.5 Å². The van der Waals surface area contributed by atoms with Crippen molar-refractivity contribution in [3.63, 3.8) is 0 Å². The van der Waals surface area contributed by atoms with Gasteiger partial charge in [-0.25, -0.2) is 0 Å². The molecule has 0 aliphatic carbocycles. The Morgan fingerprint density at radius 3 is 2.08 bits per heavy atom. The largest absolute Gasteiger partial charge is 0.480 e. The number of carboxylic acids is 1. The van der Waals surface area contributed by atoms with Gasteiger partial charge in [0, 0.05) is 6.04 Å². The smallest absolute Gasteiger partial charge is 0.320 e. The van der Waals surface area contributed by atoms with Crippen LogP contribution in [0.3, 0.4) is 0 Å². The van der Waals surface area contributed by atoms with Crippen molar-refractivity contribution in [1.82, 2.24) is 4.90 Å². The third-order valence-electron chi connectivity index (χ3n) is 1.86. The summed E-state index contributed by atoms with van der Waals surface area (Å²) in [6, 6.07) is -0.703. The minimum atomic E-state index is -0.949. The number of hydrogen-bond donors (Lipinski definition) is 2. The van der Waals surface area contributed by atoms with Gasteiger partial charge in [-0.05, 0) is 20.8 Å². The predicted octanol–water partition coefficient (Wildman–Crippen LogP) is -0.345. The third kappa shape index (κ3) is 3.89. The molecule has 3 N–H and O–H groups in total. The monoisotopic (exact) mass is 188 g/mol. The maximum absolute atomic E-state index is 10.6. The Kier molecular flexibility index (Phi) is 4.40. The first-order valence-corrected chi connectivity index (χ1v) is 4.13. The Morgan fingerprint density at radius 1 is 1.38 bits per heavy atom. The molecule has 0 fully saturated rings. The molecule has 0 heterocycles. The van der Waals surface area contributed by atoms with Crippen molar-refractivity contribution in [3.05, 3.63) is 0 Å². The number of nitrogens with zero attached hydrogens (tertiary/aromatic N) is 1. The second-order valence-electron chi connectivity index (χ2n) is 3.25. The summed E-state index contributed by atoms with van der Waals surface area (Å²) in [7, 11) is 0. The molecule has 0 radical (unpaired) electrons. The van der Waals surface area contributed by atoms with E-state index >= 15 is 0 Å². The van der Waals surface area contributed by atoms with Gasteiger partial charge in [0.1, 0.15) is 6.04 Å². The number of carbonyl (C=O) groups is 2. The minimum absolute atomic E-state index is 0.0152. The third-order valence-corrected chi connectivity index (χ3v) is 1.86. The molecular weight excluding hydrogens is 172 g/mol. The number of primary amides is 1. The van der Waals surface area contributed by atoms with Gasteiger partial charge >= 0.3 is 5.97 Å². The van der Waals surface area contributed by atoms with E-state index in [4.69, 9.17) is 10.8 Å². The Bertz CT molecular complexity index is 204. The summed E-state index contributed by atoms with van der Waals surface area (Å²) in [5.41, 5.74) is 5.00. The molecule has 13 heavy (non-hydrogen) atoms. The summed E-state index contributed by atoms with van der Waals surface area (Å²) < 4.78 is 0. The molecular formula is C8H16N2O3. The summed E-state index contributed by atoms with van der Waals surface area (Å²) in [5, 5.41) is 8.72. The lowest BCUT2D eigenvalue weighted by atomic mass is 10.2. The number of hydrogen-bond acceptors (Lipinski definition) is 3. The molecule has 0 rings (SSSR count). The van der Waals surface area contributed by atoms with E-state index in [0.717, 1.165) is 0 Å². The van der Waals surface area contributed by atoms with Gasteiger partial charge in [-0.2, -0.15) is 0 Å². The zero-order valence-corrected chi connectivity index (χ0v) is 8.15. The highest BCUT2D eigenvalue weighted by Crippen LogP contribution is 2.04. The molecule has 1 unspecified atom stereocenters. The average molecular weight is 188 g/mol. The molecule has 5 nitrogen and oxygen atoms in total. The van der Waals surface area contributed by atoms with Crippen LogP contribution in [0.2, 0.25) is 0 Å². The van der Waals surface area contributed by atoms with Crippen LogP contribution < -0.4 is 5.73 Å². The van der Waals surface area contributed by atoms with Crippen LogP contribution in [0.1, 0.15) is 20.8 Å². The lowest BCUT2D eigenvalue weighted by molar-refractivity contribution is -0.143. The van der Waals surface area contributed by atoms with Crippen LogP contribution in [0.5, 0.6) is 0 Å². The van der Waals surface area contributed by atoms with Crippen molar-refractivity contribution in [2.75, 3.05) is 6.54 Å². The average Bonchev–Trinajstić information content (AvgIpc) is 1.97. The van der Waals surface area contributed by atoms with Crippen LogP contribution in [0.15, 0.2) is 0 Å². The summed E-state index contributed by atoms with van der Waals surface area (Å²) in [6.07, 6.45) is 0. The Balaban J connectivity index is 4.41. The zero-order chi connectivity index (χ0) is 10.6. The fourth-order valence-electron chi connectivity index (χ4n) is 1.09. The lowest BCUT2D eigenvalue weighted by Crippen LogP contribution is -2.47. The van der Waals surface area contributed by atoms with E-state index in [0.29, 0.717) is 0 Å². The van der Waals surface area contributed by atoms with Crippen LogP contribution in [0, 0.1) is 0 Å². The first kappa shape index (κ1) is 11.9. The Labute approximate surface area is 77.5 Å². The van der Waals surface area contributed by atoms with Gasteiger partial charge in [0.2, 0.25) is 5.91 Å². The van der Waals surface area contributed by atoms with Crippen molar-refractivity contribution >= 4 is 11.9 Å². The fourth-order valence-corrected chi connectivity index (χ4v) is 1.09. The van der Waals surface area contributed by atoms with Gasteiger partial charge < -0.3 is 10.8 Å². The van der Waals surface area contributed by atoms with E-state index in [1.165, 1.54) is 11.8 Å². The Morgan fingerprint density at radius 2 is 1.85 bits per heavy atom. The molecule has 0 aromatic heterocycles. The molecule has 0 aromatic rings. The van der Waals surface area contributed by atoms with E-state index in [1.807, 2.05) is 13.8 Å². The molecule has 0 spiro atoms. The van der Waals surface area contributed by atoms with Gasteiger partial charge in [0.05, 0.1) is 6.54 Å². The zero-order valence-electron chi connectivity index (χ0n) is 8.15. The second kappa shape index (κ2) is 4.81. The number of carboxylic acid groups (broad SMARTS) is 1. The van der Waals surface area contributed by atoms with E-state index in [1.54, 1.807) is 0 Å². The Hall–Kier alpha value is -1.10. The van der Waals surface area contributed by atoms with Crippen molar-refractivity contribution in [3.8, 4) is 0 Å². The quantitative estimate of drug-likeness (QED) is 0.618. The fraction of sp³-hybridized carbons (Fsp3) is 0.750. The van der Waals surface area contributed by atoms with Gasteiger partial charge in [0.15, 0.2) is 0 Å². The summed E-state index contributed by atoms with van der Waals surface area (Å²) in [6.45, 7) is 5.15. The maximum atomic E-state index is 10.6. The number of rotatable bonds is 5. The van der Waals surface area contributed by atoms with Gasteiger partial charge in [0.25, 0.3) is 0 Å². The van der Waals surface area contributed by atoms with Crippen LogP contribution >= 0.6 is 0 Å². The highest BCUT2D eigenvalue weighted by molar-refractivity contribution is 5.78. The van der Waals surface area contributed by atoms with Crippen LogP contribution in [0.4, 0.5) is 0 Å². The minimum Gasteiger partial charge on any atom is -0.480 e. The maximum Gasteiger partial charge on any atom is 0.320 e. The molecule has 0 aliphatic heterocycles. The molecule has 76 valence electrons. The number of carbonyl (C=O) groups excluding carboxylic acids is 1. The SMILES string of the molecule is CC(C)N(CC(N)=O)C(C)C(=O)O. The first-order chi connectivity index (χ1) is 5.86. The molecule has 0 saturated heterocycles. The predicted molar refractivity (Wildman–Crippen MR) is 48.1 cm³/mol. The van der Waals surface area contributed by atoms with Crippen LogP contribution in [0.25, 0.3) is 0 Å². The van der Waals surface area contributed by atoms with Crippen molar-refractivity contribution in [2.45, 2.75) is 32.9 Å². The lowest BCUT2D eigenvalue weighted by Gasteiger charge is -2.28. The molecule has 0 saturated carbocycles. The topological polar surface area (TPSA) is 83.6 Å². The van der Waals surface area contributed by atoms with E-state index in [9.17, 15) is 9.59 Å². The highest BCUT2D eigenvalue weighted by atomic mass is 16.4. The van der Waals surface area contributed by atoms with Crippen molar-refractivity contribution < 1.29 is 14.7 Å². The van der Waals surface area contributed by atoms with Crippen LogP contribution in [-0.2, 0) is 9.59 Å². The number of amides is 1. The van der Waals surface area contributed by atoms with Gasteiger partial charge in [-0.1, -0.05) is 0 Å². The molecule has 1 amide bonds. The molecule has 0 aliphatic rings. The molecule has 0 bridgehead atoms. The van der Waals surface area contributed by atoms with Gasteiger partial charge in [-0.3, -0.25) is 14.5 Å². The number of nitrogens with two attached hydrogens (primary N) is 1. The summed E-state index contributed by atoms with van der Waals surface area (Å²) in [4.78, 5) is 22.8. The van der Waals surface area contributed by atoms with Crippen molar-refractivity contribution in [1.29, 1.82) is 0 Å². The summed E-state index contributed by atoms with van der Waals surface area (Å²) in [5.74, 6) is -1.46.